The minimum atomic E-state index is -0.102. The van der Waals surface area contributed by atoms with E-state index in [0.717, 1.165) is 54.0 Å². The number of benzene rings is 2. The van der Waals surface area contributed by atoms with E-state index in [4.69, 9.17) is 9.47 Å². The highest BCUT2D eigenvalue weighted by Gasteiger charge is 2.36. The third-order valence-corrected chi connectivity index (χ3v) is 6.25. The zero-order chi connectivity index (χ0) is 21.3. The van der Waals surface area contributed by atoms with E-state index in [1.54, 1.807) is 14.2 Å². The fourth-order valence-corrected chi connectivity index (χ4v) is 4.70. The Morgan fingerprint density at radius 2 is 1.67 bits per heavy atom. The number of ether oxygens (including phenoxy) is 2. The highest BCUT2D eigenvalue weighted by Crippen LogP contribution is 2.48. The molecule has 5 heteroatoms. The average molecular weight is 407 g/mol. The first-order valence-electron chi connectivity index (χ1n) is 10.7. The topological polar surface area (TPSA) is 50.8 Å². The number of allylic oxidation sites excluding steroid dienone is 2. The molecular weight excluding hydrogens is 376 g/mol. The van der Waals surface area contributed by atoms with E-state index >= 15 is 0 Å². The molecule has 0 spiro atoms. The summed E-state index contributed by atoms with van der Waals surface area (Å²) in [6, 6.07) is 12.6. The molecule has 0 fully saturated rings. The summed E-state index contributed by atoms with van der Waals surface area (Å²) in [6.07, 6.45) is 2.39. The smallest absolute Gasteiger partial charge is 0.162 e. The van der Waals surface area contributed by atoms with Crippen molar-refractivity contribution in [3.63, 3.8) is 0 Å². The first kappa shape index (κ1) is 20.3. The third-order valence-electron chi connectivity index (χ3n) is 6.25. The molecule has 1 aliphatic carbocycles. The van der Waals surface area contributed by atoms with E-state index in [1.807, 2.05) is 12.1 Å². The molecule has 0 unspecified atom stereocenters. The average Bonchev–Trinajstić information content (AvgIpc) is 2.78. The third kappa shape index (κ3) is 3.42. The Bertz CT molecular complexity index is 975. The lowest BCUT2D eigenvalue weighted by atomic mass is 9.75. The van der Waals surface area contributed by atoms with Gasteiger partial charge in [0.05, 0.1) is 14.2 Å². The molecule has 30 heavy (non-hydrogen) atoms. The van der Waals surface area contributed by atoms with Gasteiger partial charge < -0.3 is 19.7 Å². The predicted octanol–water partition coefficient (Wildman–Crippen LogP) is 5.11. The molecule has 4 rings (SSSR count). The van der Waals surface area contributed by atoms with Crippen LogP contribution in [0, 0.1) is 0 Å². The van der Waals surface area contributed by atoms with Crippen molar-refractivity contribution < 1.29 is 14.3 Å². The van der Waals surface area contributed by atoms with Gasteiger partial charge in [-0.2, -0.15) is 0 Å². The van der Waals surface area contributed by atoms with Crippen LogP contribution in [0.2, 0.25) is 0 Å². The number of methoxy groups -OCH3 is 2. The molecule has 1 N–H and O–H groups in total. The van der Waals surface area contributed by atoms with Gasteiger partial charge in [-0.05, 0) is 56.0 Å². The van der Waals surface area contributed by atoms with E-state index < -0.39 is 0 Å². The van der Waals surface area contributed by atoms with Gasteiger partial charge in [0.2, 0.25) is 0 Å². The van der Waals surface area contributed by atoms with Gasteiger partial charge in [-0.25, -0.2) is 0 Å². The molecule has 1 atom stereocenters. The van der Waals surface area contributed by atoms with E-state index in [1.165, 1.54) is 5.69 Å². The largest absolute Gasteiger partial charge is 0.493 e. The maximum atomic E-state index is 13.0. The first-order valence-corrected chi connectivity index (χ1v) is 10.7. The number of rotatable bonds is 6. The van der Waals surface area contributed by atoms with Crippen molar-refractivity contribution in [1.29, 1.82) is 0 Å². The Morgan fingerprint density at radius 1 is 1.00 bits per heavy atom. The van der Waals surface area contributed by atoms with Crippen molar-refractivity contribution in [2.75, 3.05) is 37.5 Å². The summed E-state index contributed by atoms with van der Waals surface area (Å²) in [6.45, 7) is 6.27. The van der Waals surface area contributed by atoms with E-state index in [2.05, 4.69) is 48.3 Å². The zero-order valence-electron chi connectivity index (χ0n) is 18.2. The molecule has 0 bridgehead atoms. The minimum Gasteiger partial charge on any atom is -0.493 e. The number of carbonyl (C=O) groups is 1. The van der Waals surface area contributed by atoms with Crippen molar-refractivity contribution in [2.24, 2.45) is 0 Å². The SMILES string of the molecule is CCN(CC)c1ccc([C@H]2C3=C(CCCC3=O)Nc3cc(OC)c(OC)cc32)cc1. The molecule has 0 amide bonds. The Labute approximate surface area is 178 Å². The Hall–Kier alpha value is -2.95. The summed E-state index contributed by atoms with van der Waals surface area (Å²) in [5.74, 6) is 1.50. The van der Waals surface area contributed by atoms with Crippen molar-refractivity contribution >= 4 is 17.2 Å². The summed E-state index contributed by atoms with van der Waals surface area (Å²) >= 11 is 0. The summed E-state index contributed by atoms with van der Waals surface area (Å²) in [7, 11) is 3.29. The van der Waals surface area contributed by atoms with Crippen LogP contribution in [-0.4, -0.2) is 33.1 Å². The van der Waals surface area contributed by atoms with Gasteiger partial charge in [0.15, 0.2) is 17.3 Å². The van der Waals surface area contributed by atoms with Gasteiger partial charge >= 0.3 is 0 Å². The number of hydrogen-bond acceptors (Lipinski definition) is 5. The van der Waals surface area contributed by atoms with Crippen LogP contribution in [0.3, 0.4) is 0 Å². The first-order chi connectivity index (χ1) is 14.6. The van der Waals surface area contributed by atoms with Crippen LogP contribution in [0.15, 0.2) is 47.7 Å². The molecular formula is C25H30N2O3. The second-order valence-corrected chi connectivity index (χ2v) is 7.79. The molecule has 0 radical (unpaired) electrons. The highest BCUT2D eigenvalue weighted by atomic mass is 16.5. The van der Waals surface area contributed by atoms with Crippen LogP contribution in [0.5, 0.6) is 11.5 Å². The summed E-state index contributed by atoms with van der Waals surface area (Å²) in [5.41, 5.74) is 6.31. The Kier molecular flexibility index (Phi) is 5.71. The monoisotopic (exact) mass is 406 g/mol. The molecule has 1 heterocycles. The summed E-state index contributed by atoms with van der Waals surface area (Å²) in [4.78, 5) is 15.3. The standard InChI is InChI=1S/C25H30N2O3/c1-5-27(6-2)17-12-10-16(11-13-17)24-18-14-22(29-3)23(30-4)15-20(18)26-19-8-7-9-21(28)25(19)24/h10-15,24,26H,5-9H2,1-4H3/t24-/m1/s1. The lowest BCUT2D eigenvalue weighted by Crippen LogP contribution is -2.27. The van der Waals surface area contributed by atoms with Crippen molar-refractivity contribution in [1.82, 2.24) is 0 Å². The van der Waals surface area contributed by atoms with Crippen molar-refractivity contribution in [3.8, 4) is 11.5 Å². The zero-order valence-corrected chi connectivity index (χ0v) is 18.2. The molecule has 1 aliphatic heterocycles. The van der Waals surface area contributed by atoms with Gasteiger partial charge in [-0.15, -0.1) is 0 Å². The maximum absolute atomic E-state index is 13.0. The number of nitrogens with one attached hydrogen (secondary N) is 1. The van der Waals surface area contributed by atoms with E-state index in [0.29, 0.717) is 17.9 Å². The van der Waals surface area contributed by atoms with Crippen LogP contribution < -0.4 is 19.7 Å². The molecule has 2 aromatic rings. The van der Waals surface area contributed by atoms with Crippen LogP contribution in [0.25, 0.3) is 0 Å². The van der Waals surface area contributed by atoms with Crippen LogP contribution in [0.4, 0.5) is 11.4 Å². The lowest BCUT2D eigenvalue weighted by molar-refractivity contribution is -0.116. The normalized spacial score (nSPS) is 17.7. The van der Waals surface area contributed by atoms with Crippen molar-refractivity contribution in [3.05, 3.63) is 58.8 Å². The fourth-order valence-electron chi connectivity index (χ4n) is 4.70. The molecule has 0 saturated carbocycles. The van der Waals surface area contributed by atoms with Crippen LogP contribution >= 0.6 is 0 Å². The number of hydrogen-bond donors (Lipinski definition) is 1. The number of fused-ring (bicyclic) bond motifs is 1. The molecule has 158 valence electrons. The van der Waals surface area contributed by atoms with Gasteiger partial charge in [-0.1, -0.05) is 12.1 Å². The number of Topliss-reactive ketones (excluding diaryl/α,β-unsaturated/α-hetero) is 1. The molecule has 2 aromatic carbocycles. The number of nitrogens with zero attached hydrogens (tertiary/aromatic N) is 1. The summed E-state index contributed by atoms with van der Waals surface area (Å²) < 4.78 is 11.1. The second kappa shape index (κ2) is 8.42. The predicted molar refractivity (Wildman–Crippen MR) is 121 cm³/mol. The molecule has 0 aromatic heterocycles. The Morgan fingerprint density at radius 3 is 2.30 bits per heavy atom. The fraction of sp³-hybridized carbons (Fsp3) is 0.400. The second-order valence-electron chi connectivity index (χ2n) is 7.79. The lowest BCUT2D eigenvalue weighted by Gasteiger charge is -2.34. The number of carbonyl (C=O) groups excluding carboxylic acids is 1. The maximum Gasteiger partial charge on any atom is 0.162 e. The van der Waals surface area contributed by atoms with Crippen molar-refractivity contribution in [2.45, 2.75) is 39.0 Å². The summed E-state index contributed by atoms with van der Waals surface area (Å²) in [5, 5.41) is 3.52. The van der Waals surface area contributed by atoms with Crippen LogP contribution in [0.1, 0.15) is 50.2 Å². The van der Waals surface area contributed by atoms with Crippen LogP contribution in [-0.2, 0) is 4.79 Å². The van der Waals surface area contributed by atoms with Gasteiger partial charge in [0.25, 0.3) is 0 Å². The quantitative estimate of drug-likeness (QED) is 0.722. The highest BCUT2D eigenvalue weighted by molar-refractivity contribution is 6.01. The van der Waals surface area contributed by atoms with E-state index in [-0.39, 0.29) is 11.7 Å². The van der Waals surface area contributed by atoms with Gasteiger partial charge in [0.1, 0.15) is 0 Å². The molecule has 2 aliphatic rings. The molecule has 5 nitrogen and oxygen atoms in total. The van der Waals surface area contributed by atoms with Gasteiger partial charge in [0, 0.05) is 54.1 Å². The number of ketones is 1. The van der Waals surface area contributed by atoms with Gasteiger partial charge in [-0.3, -0.25) is 4.79 Å². The minimum absolute atomic E-state index is 0.102. The number of anilines is 2. The Balaban J connectivity index is 1.85. The van der Waals surface area contributed by atoms with E-state index in [9.17, 15) is 4.79 Å². The molecule has 0 saturated heterocycles.